The molecule has 0 saturated carbocycles. The molecule has 0 aliphatic rings. The second-order valence-electron chi connectivity index (χ2n) is 4.63. The summed E-state index contributed by atoms with van der Waals surface area (Å²) >= 11 is 6.31. The second kappa shape index (κ2) is 9.47. The molecule has 0 aliphatic carbocycles. The molecule has 0 amide bonds. The highest BCUT2D eigenvalue weighted by atomic mass is 35.5. The van der Waals surface area contributed by atoms with Crippen molar-refractivity contribution in [2.45, 2.75) is 63.7 Å². The maximum absolute atomic E-state index is 6.31. The van der Waals surface area contributed by atoms with Crippen molar-refractivity contribution in [1.29, 1.82) is 0 Å². The van der Waals surface area contributed by atoms with Crippen LogP contribution in [0.4, 0.5) is 0 Å². The van der Waals surface area contributed by atoms with E-state index in [0.29, 0.717) is 0 Å². The molecule has 1 aromatic heterocycles. The van der Waals surface area contributed by atoms with E-state index in [9.17, 15) is 0 Å². The van der Waals surface area contributed by atoms with E-state index in [4.69, 9.17) is 11.6 Å². The van der Waals surface area contributed by atoms with E-state index in [1.54, 1.807) is 0 Å². The van der Waals surface area contributed by atoms with Crippen molar-refractivity contribution in [2.24, 2.45) is 0 Å². The van der Waals surface area contributed by atoms with E-state index in [-0.39, 0.29) is 5.38 Å². The number of nitrogens with zero attached hydrogens (tertiary/aromatic N) is 1. The first-order chi connectivity index (χ1) is 8.34. The molecule has 1 aromatic rings. The van der Waals surface area contributed by atoms with Crippen LogP contribution in [0.5, 0.6) is 0 Å². The molecule has 1 heterocycles. The molecule has 0 bridgehead atoms. The number of unbranched alkanes of at least 4 members (excludes halogenated alkanes) is 6. The largest absolute Gasteiger partial charge is 0.260 e. The maximum atomic E-state index is 6.31. The summed E-state index contributed by atoms with van der Waals surface area (Å²) in [5, 5.41) is 0.0897. The lowest BCUT2D eigenvalue weighted by molar-refractivity contribution is 0.570. The van der Waals surface area contributed by atoms with Crippen molar-refractivity contribution in [3.8, 4) is 0 Å². The van der Waals surface area contributed by atoms with Crippen LogP contribution < -0.4 is 0 Å². The van der Waals surface area contributed by atoms with Crippen molar-refractivity contribution >= 4 is 11.6 Å². The normalized spacial score (nSPS) is 12.6. The van der Waals surface area contributed by atoms with Gasteiger partial charge in [0.1, 0.15) is 0 Å². The molecule has 1 atom stereocenters. The molecular formula is C15H24ClN. The SMILES string of the molecule is CCCCCCCCCC(Cl)c1ccccn1. The Kier molecular flexibility index (Phi) is 8.08. The van der Waals surface area contributed by atoms with Crippen molar-refractivity contribution < 1.29 is 0 Å². The zero-order valence-corrected chi connectivity index (χ0v) is 11.6. The lowest BCUT2D eigenvalue weighted by Gasteiger charge is -2.08. The Labute approximate surface area is 111 Å². The standard InChI is InChI=1S/C15H24ClN/c1-2-3-4-5-6-7-8-11-14(16)15-12-9-10-13-17-15/h9-10,12-14H,2-8,11H2,1H3. The molecule has 1 rings (SSSR count). The predicted octanol–water partition coefficient (Wildman–Crippen LogP) is 5.50. The van der Waals surface area contributed by atoms with Crippen molar-refractivity contribution in [3.63, 3.8) is 0 Å². The van der Waals surface area contributed by atoms with Gasteiger partial charge in [-0.25, -0.2) is 0 Å². The summed E-state index contributed by atoms with van der Waals surface area (Å²) < 4.78 is 0. The van der Waals surface area contributed by atoms with Gasteiger partial charge in [0.2, 0.25) is 0 Å². The molecule has 0 N–H and O–H groups in total. The Balaban J connectivity index is 2.03. The third-order valence-electron chi connectivity index (χ3n) is 3.07. The number of rotatable bonds is 9. The summed E-state index contributed by atoms with van der Waals surface area (Å²) in [6.07, 6.45) is 12.2. The molecular weight excluding hydrogens is 230 g/mol. The Morgan fingerprint density at radius 1 is 1.06 bits per heavy atom. The van der Waals surface area contributed by atoms with E-state index in [1.165, 1.54) is 44.9 Å². The van der Waals surface area contributed by atoms with Gasteiger partial charge in [-0.3, -0.25) is 4.98 Å². The summed E-state index contributed by atoms with van der Waals surface area (Å²) in [7, 11) is 0. The molecule has 0 saturated heterocycles. The van der Waals surface area contributed by atoms with E-state index >= 15 is 0 Å². The van der Waals surface area contributed by atoms with Gasteiger partial charge in [-0.1, -0.05) is 57.9 Å². The monoisotopic (exact) mass is 253 g/mol. The Morgan fingerprint density at radius 3 is 2.41 bits per heavy atom. The van der Waals surface area contributed by atoms with Crippen molar-refractivity contribution in [1.82, 2.24) is 4.98 Å². The fourth-order valence-electron chi connectivity index (χ4n) is 1.99. The lowest BCUT2D eigenvalue weighted by Crippen LogP contribution is -1.93. The van der Waals surface area contributed by atoms with Gasteiger partial charge >= 0.3 is 0 Å². The third kappa shape index (κ3) is 6.68. The van der Waals surface area contributed by atoms with Crippen LogP contribution in [0, 0.1) is 0 Å². The van der Waals surface area contributed by atoms with Crippen LogP contribution in [0.15, 0.2) is 24.4 Å². The first-order valence-electron chi connectivity index (χ1n) is 6.89. The maximum Gasteiger partial charge on any atom is 0.0757 e. The average Bonchev–Trinajstić information content (AvgIpc) is 2.38. The molecule has 1 unspecified atom stereocenters. The van der Waals surface area contributed by atoms with E-state index < -0.39 is 0 Å². The van der Waals surface area contributed by atoms with Gasteiger partial charge < -0.3 is 0 Å². The van der Waals surface area contributed by atoms with Crippen LogP contribution in [0.3, 0.4) is 0 Å². The Bertz CT molecular complexity index is 274. The molecule has 96 valence electrons. The first-order valence-corrected chi connectivity index (χ1v) is 7.33. The average molecular weight is 254 g/mol. The number of hydrogen-bond acceptors (Lipinski definition) is 1. The van der Waals surface area contributed by atoms with Gasteiger partial charge in [0, 0.05) is 6.20 Å². The van der Waals surface area contributed by atoms with Crippen molar-refractivity contribution in [3.05, 3.63) is 30.1 Å². The molecule has 0 radical (unpaired) electrons. The Morgan fingerprint density at radius 2 is 1.76 bits per heavy atom. The highest BCUT2D eigenvalue weighted by Gasteiger charge is 2.07. The fourth-order valence-corrected chi connectivity index (χ4v) is 2.27. The molecule has 2 heteroatoms. The number of alkyl halides is 1. The van der Waals surface area contributed by atoms with Crippen LogP contribution in [0.25, 0.3) is 0 Å². The molecule has 17 heavy (non-hydrogen) atoms. The summed E-state index contributed by atoms with van der Waals surface area (Å²) in [6.45, 7) is 2.25. The summed E-state index contributed by atoms with van der Waals surface area (Å²) in [5.74, 6) is 0. The minimum Gasteiger partial charge on any atom is -0.260 e. The number of hydrogen-bond donors (Lipinski definition) is 0. The van der Waals surface area contributed by atoms with Gasteiger partial charge in [-0.05, 0) is 18.6 Å². The van der Waals surface area contributed by atoms with Crippen LogP contribution in [0.2, 0.25) is 0 Å². The van der Waals surface area contributed by atoms with Crippen molar-refractivity contribution in [2.75, 3.05) is 0 Å². The van der Waals surface area contributed by atoms with E-state index in [1.807, 2.05) is 24.4 Å². The van der Waals surface area contributed by atoms with Gasteiger partial charge in [0.25, 0.3) is 0 Å². The number of pyridine rings is 1. The predicted molar refractivity (Wildman–Crippen MR) is 75.4 cm³/mol. The van der Waals surface area contributed by atoms with E-state index in [0.717, 1.165) is 12.1 Å². The van der Waals surface area contributed by atoms with Gasteiger partial charge in [0.15, 0.2) is 0 Å². The smallest absolute Gasteiger partial charge is 0.0757 e. The second-order valence-corrected chi connectivity index (χ2v) is 5.16. The quantitative estimate of drug-likeness (QED) is 0.418. The number of halogens is 1. The summed E-state index contributed by atoms with van der Waals surface area (Å²) in [5.41, 5.74) is 1.01. The topological polar surface area (TPSA) is 12.9 Å². The van der Waals surface area contributed by atoms with Crippen LogP contribution >= 0.6 is 11.6 Å². The minimum atomic E-state index is 0.0897. The van der Waals surface area contributed by atoms with E-state index in [2.05, 4.69) is 11.9 Å². The first kappa shape index (κ1) is 14.5. The van der Waals surface area contributed by atoms with Crippen LogP contribution in [0.1, 0.15) is 69.4 Å². The highest BCUT2D eigenvalue weighted by molar-refractivity contribution is 6.20. The zero-order valence-electron chi connectivity index (χ0n) is 10.9. The summed E-state index contributed by atoms with van der Waals surface area (Å²) in [4.78, 5) is 4.29. The highest BCUT2D eigenvalue weighted by Crippen LogP contribution is 2.24. The van der Waals surface area contributed by atoms with Gasteiger partial charge in [-0.2, -0.15) is 0 Å². The van der Waals surface area contributed by atoms with Crippen LogP contribution in [-0.2, 0) is 0 Å². The lowest BCUT2D eigenvalue weighted by atomic mass is 10.1. The summed E-state index contributed by atoms with van der Waals surface area (Å²) in [6, 6.07) is 5.95. The molecule has 1 nitrogen and oxygen atoms in total. The molecule has 0 fully saturated rings. The number of aromatic nitrogens is 1. The van der Waals surface area contributed by atoms with Gasteiger partial charge in [-0.15, -0.1) is 11.6 Å². The zero-order chi connectivity index (χ0) is 12.3. The Hall–Kier alpha value is -0.560. The third-order valence-corrected chi connectivity index (χ3v) is 3.51. The van der Waals surface area contributed by atoms with Gasteiger partial charge in [0.05, 0.1) is 11.1 Å². The minimum absolute atomic E-state index is 0.0897. The molecule has 0 spiro atoms. The molecule has 0 aliphatic heterocycles. The molecule has 0 aromatic carbocycles. The van der Waals surface area contributed by atoms with Crippen LogP contribution in [-0.4, -0.2) is 4.98 Å². The fraction of sp³-hybridized carbons (Fsp3) is 0.667.